The van der Waals surface area contributed by atoms with Crippen LogP contribution in [0.15, 0.2) is 16.6 Å². The fourth-order valence-corrected chi connectivity index (χ4v) is 2.48. The van der Waals surface area contributed by atoms with Crippen molar-refractivity contribution >= 4 is 15.9 Å². The number of benzene rings is 1. The Morgan fingerprint density at radius 1 is 1.27 bits per heavy atom. The van der Waals surface area contributed by atoms with Crippen LogP contribution < -0.4 is 0 Å². The van der Waals surface area contributed by atoms with Crippen LogP contribution in [-0.2, 0) is 0 Å². The molecule has 2 atom stereocenters. The van der Waals surface area contributed by atoms with Crippen LogP contribution in [0.5, 0.6) is 0 Å². The largest absolute Gasteiger partial charge is 0.393 e. The average molecular weight is 277 g/mol. The van der Waals surface area contributed by atoms with E-state index < -0.39 is 17.7 Å². The Morgan fingerprint density at radius 3 is 2.60 bits per heavy atom. The smallest absolute Gasteiger partial charge is 0.143 e. The Morgan fingerprint density at radius 2 is 2.00 bits per heavy atom. The summed E-state index contributed by atoms with van der Waals surface area (Å²) < 4.78 is 27.4. The zero-order chi connectivity index (χ0) is 11.0. The van der Waals surface area contributed by atoms with Crippen molar-refractivity contribution in [3.8, 4) is 0 Å². The lowest BCUT2D eigenvalue weighted by Gasteiger charge is -2.12. The van der Waals surface area contributed by atoms with Gasteiger partial charge in [0.2, 0.25) is 0 Å². The molecule has 0 aromatic heterocycles. The van der Waals surface area contributed by atoms with Crippen molar-refractivity contribution in [1.82, 2.24) is 0 Å². The van der Waals surface area contributed by atoms with Crippen molar-refractivity contribution in [2.45, 2.75) is 31.3 Å². The first-order valence-corrected chi connectivity index (χ1v) is 5.70. The molecule has 2 unspecified atom stereocenters. The average Bonchev–Trinajstić information content (AvgIpc) is 2.59. The maximum Gasteiger partial charge on any atom is 0.143 e. The minimum absolute atomic E-state index is 0.112. The lowest BCUT2D eigenvalue weighted by atomic mass is 9.96. The molecule has 1 aromatic rings. The predicted molar refractivity (Wildman–Crippen MR) is 56.7 cm³/mol. The fourth-order valence-electron chi connectivity index (χ4n) is 2.14. The van der Waals surface area contributed by atoms with Gasteiger partial charge in [-0.3, -0.25) is 0 Å². The molecule has 82 valence electrons. The molecule has 0 aliphatic heterocycles. The first-order valence-electron chi connectivity index (χ1n) is 4.91. The second kappa shape index (κ2) is 4.18. The van der Waals surface area contributed by atoms with Crippen molar-refractivity contribution < 1.29 is 13.9 Å². The maximum atomic E-state index is 13.7. The van der Waals surface area contributed by atoms with Crippen LogP contribution in [0.3, 0.4) is 0 Å². The van der Waals surface area contributed by atoms with Gasteiger partial charge in [-0.1, -0.05) is 0 Å². The minimum atomic E-state index is -0.533. The molecule has 2 rings (SSSR count). The van der Waals surface area contributed by atoms with Gasteiger partial charge in [0.25, 0.3) is 0 Å². The summed E-state index contributed by atoms with van der Waals surface area (Å²) in [5.74, 6) is -1.25. The van der Waals surface area contributed by atoms with Crippen molar-refractivity contribution in [2.75, 3.05) is 0 Å². The van der Waals surface area contributed by atoms with Gasteiger partial charge in [-0.25, -0.2) is 8.78 Å². The molecule has 0 spiro atoms. The third-order valence-electron chi connectivity index (χ3n) is 2.89. The van der Waals surface area contributed by atoms with Crippen LogP contribution in [0.2, 0.25) is 0 Å². The van der Waals surface area contributed by atoms with Crippen LogP contribution in [0.25, 0.3) is 0 Å². The number of rotatable bonds is 1. The van der Waals surface area contributed by atoms with E-state index >= 15 is 0 Å². The van der Waals surface area contributed by atoms with E-state index in [0.717, 1.165) is 0 Å². The second-order valence-electron chi connectivity index (χ2n) is 3.92. The molecule has 0 radical (unpaired) electrons. The highest BCUT2D eigenvalue weighted by Gasteiger charge is 2.29. The van der Waals surface area contributed by atoms with E-state index in [1.54, 1.807) is 0 Å². The Kier molecular flexibility index (Phi) is 3.07. The Labute approximate surface area is 95.2 Å². The van der Waals surface area contributed by atoms with E-state index in [4.69, 9.17) is 0 Å². The molecule has 0 amide bonds. The zero-order valence-corrected chi connectivity index (χ0v) is 9.60. The molecule has 0 heterocycles. The van der Waals surface area contributed by atoms with Gasteiger partial charge < -0.3 is 5.11 Å². The van der Waals surface area contributed by atoms with Gasteiger partial charge >= 0.3 is 0 Å². The van der Waals surface area contributed by atoms with E-state index in [9.17, 15) is 13.9 Å². The van der Waals surface area contributed by atoms with Crippen molar-refractivity contribution in [3.05, 3.63) is 33.8 Å². The number of hydrogen-bond donors (Lipinski definition) is 1. The van der Waals surface area contributed by atoms with E-state index in [1.807, 2.05) is 0 Å². The Hall–Kier alpha value is -0.480. The molecule has 15 heavy (non-hydrogen) atoms. The van der Waals surface area contributed by atoms with Gasteiger partial charge in [-0.05, 0) is 53.2 Å². The molecule has 1 saturated carbocycles. The molecule has 1 N–H and O–H groups in total. The van der Waals surface area contributed by atoms with Crippen molar-refractivity contribution in [2.24, 2.45) is 0 Å². The third kappa shape index (κ3) is 2.06. The van der Waals surface area contributed by atoms with Gasteiger partial charge in [-0.2, -0.15) is 0 Å². The maximum absolute atomic E-state index is 13.7. The molecule has 0 saturated heterocycles. The fraction of sp³-hybridized carbons (Fsp3) is 0.455. The van der Waals surface area contributed by atoms with Crippen LogP contribution in [0, 0.1) is 11.6 Å². The van der Waals surface area contributed by atoms with Crippen molar-refractivity contribution in [1.29, 1.82) is 0 Å². The first-order chi connectivity index (χ1) is 7.09. The normalized spacial score (nSPS) is 25.9. The molecule has 4 heteroatoms. The molecule has 1 fully saturated rings. The zero-order valence-electron chi connectivity index (χ0n) is 8.01. The lowest BCUT2D eigenvalue weighted by molar-refractivity contribution is 0.181. The molecular weight excluding hydrogens is 266 g/mol. The monoisotopic (exact) mass is 276 g/mol. The number of aliphatic hydroxyl groups is 1. The summed E-state index contributed by atoms with van der Waals surface area (Å²) in [7, 11) is 0. The summed E-state index contributed by atoms with van der Waals surface area (Å²) in [4.78, 5) is 0. The second-order valence-corrected chi connectivity index (χ2v) is 4.78. The van der Waals surface area contributed by atoms with Gasteiger partial charge in [0.05, 0.1) is 10.6 Å². The lowest BCUT2D eigenvalue weighted by Crippen LogP contribution is -2.04. The van der Waals surface area contributed by atoms with Gasteiger partial charge in [0.15, 0.2) is 0 Å². The summed E-state index contributed by atoms with van der Waals surface area (Å²) in [5, 5.41) is 9.36. The van der Waals surface area contributed by atoms with Crippen LogP contribution >= 0.6 is 15.9 Å². The quantitative estimate of drug-likeness (QED) is 0.780. The minimum Gasteiger partial charge on any atom is -0.393 e. The summed E-state index contributed by atoms with van der Waals surface area (Å²) in [5.41, 5.74) is 0.112. The summed E-state index contributed by atoms with van der Waals surface area (Å²) in [6.07, 6.45) is 1.29. The van der Waals surface area contributed by atoms with Gasteiger partial charge in [0, 0.05) is 5.56 Å². The van der Waals surface area contributed by atoms with Gasteiger partial charge in [-0.15, -0.1) is 0 Å². The van der Waals surface area contributed by atoms with E-state index in [1.165, 1.54) is 12.1 Å². The summed E-state index contributed by atoms with van der Waals surface area (Å²) in [6, 6.07) is 2.62. The SMILES string of the molecule is OC1CCC(c2c(F)ccc(Br)c2F)C1. The standard InChI is InChI=1S/C11H11BrF2O/c12-8-3-4-9(13)10(11(8)14)6-1-2-7(15)5-6/h3-4,6-7,15H,1-2,5H2. The van der Waals surface area contributed by atoms with Crippen LogP contribution in [0.1, 0.15) is 30.7 Å². The highest BCUT2D eigenvalue weighted by Crippen LogP contribution is 2.38. The number of hydrogen-bond acceptors (Lipinski definition) is 1. The van der Waals surface area contributed by atoms with Crippen molar-refractivity contribution in [3.63, 3.8) is 0 Å². The van der Waals surface area contributed by atoms with Crippen LogP contribution in [0.4, 0.5) is 8.78 Å². The van der Waals surface area contributed by atoms with Gasteiger partial charge in [0.1, 0.15) is 11.6 Å². The summed E-state index contributed by atoms with van der Waals surface area (Å²) >= 11 is 3.04. The molecule has 0 bridgehead atoms. The van der Waals surface area contributed by atoms with E-state index in [0.29, 0.717) is 19.3 Å². The first kappa shape index (κ1) is 11.0. The molecule has 1 aliphatic rings. The summed E-state index contributed by atoms with van der Waals surface area (Å²) in [6.45, 7) is 0. The molecule has 1 nitrogen and oxygen atoms in total. The van der Waals surface area contributed by atoms with E-state index in [-0.39, 0.29) is 16.0 Å². The highest BCUT2D eigenvalue weighted by molar-refractivity contribution is 9.10. The molecule has 1 aromatic carbocycles. The van der Waals surface area contributed by atoms with Crippen LogP contribution in [-0.4, -0.2) is 11.2 Å². The molecular formula is C11H11BrF2O. The molecule has 1 aliphatic carbocycles. The third-order valence-corrected chi connectivity index (χ3v) is 3.51. The topological polar surface area (TPSA) is 20.2 Å². The predicted octanol–water partition coefficient (Wildman–Crippen LogP) is 3.36. The highest BCUT2D eigenvalue weighted by atomic mass is 79.9. The Balaban J connectivity index is 2.39. The number of aliphatic hydroxyl groups excluding tert-OH is 1. The Bertz CT molecular complexity index is 381. The van der Waals surface area contributed by atoms with E-state index in [2.05, 4.69) is 15.9 Å². The number of halogens is 3.